The number of aryl methyl sites for hydroxylation is 1. The van der Waals surface area contributed by atoms with Gasteiger partial charge >= 0.3 is 0 Å². The molecule has 0 aliphatic rings. The monoisotopic (exact) mass is 258 g/mol. The second-order valence-corrected chi connectivity index (χ2v) is 4.17. The minimum Gasteiger partial charge on any atom is -0.495 e. The summed E-state index contributed by atoms with van der Waals surface area (Å²) < 4.78 is 5.29. The van der Waals surface area contributed by atoms with Crippen LogP contribution in [-0.2, 0) is 6.42 Å². The van der Waals surface area contributed by atoms with Crippen molar-refractivity contribution in [2.75, 3.05) is 18.2 Å². The predicted octanol–water partition coefficient (Wildman–Crippen LogP) is 2.76. The smallest absolute Gasteiger partial charge is 0.142 e. The Morgan fingerprint density at radius 3 is 2.79 bits per heavy atom. The Kier molecular flexibility index (Phi) is 4.18. The van der Waals surface area contributed by atoms with Gasteiger partial charge in [0.2, 0.25) is 0 Å². The number of nitrogens with zero attached hydrogens (tertiary/aromatic N) is 2. The summed E-state index contributed by atoms with van der Waals surface area (Å²) in [6.45, 7) is 2.08. The minimum atomic E-state index is 0.468. The Morgan fingerprint density at radius 2 is 2.05 bits per heavy atom. The lowest BCUT2D eigenvalue weighted by molar-refractivity contribution is 0.417. The molecule has 1 aromatic carbocycles. The molecule has 5 heteroatoms. The Hall–Kier alpha value is -2.30. The molecule has 0 saturated heterocycles. The molecule has 1 heterocycles. The summed E-state index contributed by atoms with van der Waals surface area (Å²) in [6.07, 6.45) is 1.79. The van der Waals surface area contributed by atoms with Crippen LogP contribution < -0.4 is 15.8 Å². The van der Waals surface area contributed by atoms with Gasteiger partial charge in [-0.05, 0) is 18.6 Å². The molecule has 0 bridgehead atoms. The third-order valence-electron chi connectivity index (χ3n) is 2.64. The van der Waals surface area contributed by atoms with E-state index in [4.69, 9.17) is 10.5 Å². The van der Waals surface area contributed by atoms with E-state index in [0.717, 1.165) is 30.1 Å². The van der Waals surface area contributed by atoms with Crippen LogP contribution in [-0.4, -0.2) is 17.1 Å². The van der Waals surface area contributed by atoms with Gasteiger partial charge in [0.25, 0.3) is 0 Å². The van der Waals surface area contributed by atoms with Crippen LogP contribution in [0.2, 0.25) is 0 Å². The van der Waals surface area contributed by atoms with E-state index < -0.39 is 0 Å². The van der Waals surface area contributed by atoms with Gasteiger partial charge in [-0.2, -0.15) is 0 Å². The van der Waals surface area contributed by atoms with E-state index in [1.165, 1.54) is 0 Å². The SMILES string of the molecule is CCCc1nc(N)cc(Nc2ccccc2OC)n1. The molecule has 100 valence electrons. The molecule has 0 radical (unpaired) electrons. The van der Waals surface area contributed by atoms with Gasteiger partial charge in [-0.3, -0.25) is 0 Å². The fourth-order valence-electron chi connectivity index (χ4n) is 1.80. The number of benzene rings is 1. The quantitative estimate of drug-likeness (QED) is 0.862. The highest BCUT2D eigenvalue weighted by molar-refractivity contribution is 5.65. The van der Waals surface area contributed by atoms with Crippen molar-refractivity contribution in [3.8, 4) is 5.75 Å². The first-order valence-corrected chi connectivity index (χ1v) is 6.26. The van der Waals surface area contributed by atoms with Gasteiger partial charge in [-0.15, -0.1) is 0 Å². The molecule has 0 unspecified atom stereocenters. The first kappa shape index (κ1) is 13.1. The van der Waals surface area contributed by atoms with Gasteiger partial charge in [0.15, 0.2) is 0 Å². The van der Waals surface area contributed by atoms with Crippen molar-refractivity contribution >= 4 is 17.3 Å². The lowest BCUT2D eigenvalue weighted by Gasteiger charge is -2.11. The number of aromatic nitrogens is 2. The van der Waals surface area contributed by atoms with E-state index >= 15 is 0 Å². The highest BCUT2D eigenvalue weighted by Crippen LogP contribution is 2.26. The molecule has 0 atom stereocenters. The van der Waals surface area contributed by atoms with Crippen molar-refractivity contribution in [1.29, 1.82) is 0 Å². The molecule has 0 fully saturated rings. The van der Waals surface area contributed by atoms with Crippen molar-refractivity contribution in [3.63, 3.8) is 0 Å². The maximum Gasteiger partial charge on any atom is 0.142 e. The van der Waals surface area contributed by atoms with E-state index in [1.807, 2.05) is 24.3 Å². The number of anilines is 3. The van der Waals surface area contributed by atoms with E-state index in [-0.39, 0.29) is 0 Å². The largest absolute Gasteiger partial charge is 0.495 e. The maximum absolute atomic E-state index is 5.79. The van der Waals surface area contributed by atoms with Gasteiger partial charge < -0.3 is 15.8 Å². The topological polar surface area (TPSA) is 73.1 Å². The van der Waals surface area contributed by atoms with Crippen molar-refractivity contribution in [1.82, 2.24) is 9.97 Å². The zero-order chi connectivity index (χ0) is 13.7. The highest BCUT2D eigenvalue weighted by atomic mass is 16.5. The standard InChI is InChI=1S/C14H18N4O/c1-3-6-13-17-12(15)9-14(18-13)16-10-7-4-5-8-11(10)19-2/h4-5,7-9H,3,6H2,1-2H3,(H3,15,16,17,18). The van der Waals surface area contributed by atoms with Crippen LogP contribution in [0.3, 0.4) is 0 Å². The van der Waals surface area contributed by atoms with Gasteiger partial charge in [0.05, 0.1) is 12.8 Å². The fourth-order valence-corrected chi connectivity index (χ4v) is 1.80. The second-order valence-electron chi connectivity index (χ2n) is 4.17. The summed E-state index contributed by atoms with van der Waals surface area (Å²) in [6, 6.07) is 9.38. The number of hydrogen-bond acceptors (Lipinski definition) is 5. The molecule has 0 spiro atoms. The van der Waals surface area contributed by atoms with Crippen LogP contribution in [0.4, 0.5) is 17.3 Å². The van der Waals surface area contributed by atoms with Gasteiger partial charge in [0.1, 0.15) is 23.2 Å². The molecule has 1 aromatic heterocycles. The molecule has 0 aliphatic carbocycles. The van der Waals surface area contributed by atoms with E-state index in [0.29, 0.717) is 11.6 Å². The number of hydrogen-bond donors (Lipinski definition) is 2. The molecule has 0 saturated carbocycles. The summed E-state index contributed by atoms with van der Waals surface area (Å²) >= 11 is 0. The van der Waals surface area contributed by atoms with E-state index in [1.54, 1.807) is 13.2 Å². The Bertz CT molecular complexity index is 557. The second kappa shape index (κ2) is 6.04. The molecule has 0 amide bonds. The first-order chi connectivity index (χ1) is 9.22. The van der Waals surface area contributed by atoms with Crippen LogP contribution in [0.5, 0.6) is 5.75 Å². The van der Waals surface area contributed by atoms with Crippen molar-refractivity contribution in [3.05, 3.63) is 36.2 Å². The summed E-state index contributed by atoms with van der Waals surface area (Å²) in [4.78, 5) is 8.64. The third kappa shape index (κ3) is 3.34. The summed E-state index contributed by atoms with van der Waals surface area (Å²) in [5.74, 6) is 2.66. The van der Waals surface area contributed by atoms with E-state index in [2.05, 4.69) is 22.2 Å². The average Bonchev–Trinajstić information content (AvgIpc) is 2.39. The Balaban J connectivity index is 2.27. The van der Waals surface area contributed by atoms with Crippen LogP contribution in [0, 0.1) is 0 Å². The van der Waals surface area contributed by atoms with Gasteiger partial charge in [-0.25, -0.2) is 9.97 Å². The number of nitrogens with one attached hydrogen (secondary N) is 1. The number of nitrogens with two attached hydrogens (primary N) is 1. The number of rotatable bonds is 5. The molecule has 2 rings (SSSR count). The van der Waals surface area contributed by atoms with Crippen molar-refractivity contribution in [2.24, 2.45) is 0 Å². The minimum absolute atomic E-state index is 0.468. The first-order valence-electron chi connectivity index (χ1n) is 6.26. The molecule has 5 nitrogen and oxygen atoms in total. The normalized spacial score (nSPS) is 10.2. The lowest BCUT2D eigenvalue weighted by Crippen LogP contribution is -2.04. The van der Waals surface area contributed by atoms with Gasteiger partial charge in [-0.1, -0.05) is 19.1 Å². The molecule has 3 N–H and O–H groups in total. The zero-order valence-electron chi connectivity index (χ0n) is 11.2. The van der Waals surface area contributed by atoms with Crippen molar-refractivity contribution < 1.29 is 4.74 Å². The van der Waals surface area contributed by atoms with Crippen LogP contribution in [0.25, 0.3) is 0 Å². The van der Waals surface area contributed by atoms with Gasteiger partial charge in [0, 0.05) is 12.5 Å². The molecular formula is C14H18N4O. The fraction of sp³-hybridized carbons (Fsp3) is 0.286. The Labute approximate surface area is 112 Å². The number of para-hydroxylation sites is 2. The predicted molar refractivity (Wildman–Crippen MR) is 76.7 cm³/mol. The molecular weight excluding hydrogens is 240 g/mol. The molecule has 2 aromatic rings. The maximum atomic E-state index is 5.79. The zero-order valence-corrected chi connectivity index (χ0v) is 11.2. The van der Waals surface area contributed by atoms with Crippen molar-refractivity contribution in [2.45, 2.75) is 19.8 Å². The van der Waals surface area contributed by atoms with Crippen LogP contribution >= 0.6 is 0 Å². The number of nitrogen functional groups attached to an aromatic ring is 1. The highest BCUT2D eigenvalue weighted by Gasteiger charge is 2.05. The summed E-state index contributed by atoms with van der Waals surface area (Å²) in [5, 5.41) is 3.21. The number of methoxy groups -OCH3 is 1. The summed E-state index contributed by atoms with van der Waals surface area (Å²) in [5.41, 5.74) is 6.64. The van der Waals surface area contributed by atoms with E-state index in [9.17, 15) is 0 Å². The molecule has 19 heavy (non-hydrogen) atoms. The Morgan fingerprint density at radius 1 is 1.26 bits per heavy atom. The average molecular weight is 258 g/mol. The lowest BCUT2D eigenvalue weighted by atomic mass is 10.3. The number of ether oxygens (including phenoxy) is 1. The summed E-state index contributed by atoms with van der Waals surface area (Å²) in [7, 11) is 1.64. The third-order valence-corrected chi connectivity index (χ3v) is 2.64. The van der Waals surface area contributed by atoms with Crippen LogP contribution in [0.1, 0.15) is 19.2 Å². The van der Waals surface area contributed by atoms with Crippen LogP contribution in [0.15, 0.2) is 30.3 Å². The molecule has 0 aliphatic heterocycles.